The van der Waals surface area contributed by atoms with Crippen LogP contribution in [-0.4, -0.2) is 39.0 Å². The monoisotopic (exact) mass is 381 g/mol. The zero-order chi connectivity index (χ0) is 20.5. The van der Waals surface area contributed by atoms with Crippen LogP contribution in [0.5, 0.6) is 0 Å². The topological polar surface area (TPSA) is 131 Å². The van der Waals surface area contributed by atoms with Crippen molar-refractivity contribution in [3.8, 4) is 0 Å². The van der Waals surface area contributed by atoms with E-state index in [-0.39, 0.29) is 11.8 Å². The first-order valence-electron chi connectivity index (χ1n) is 8.81. The fourth-order valence-electron chi connectivity index (χ4n) is 2.72. The van der Waals surface area contributed by atoms with Crippen molar-refractivity contribution in [2.45, 2.75) is 6.92 Å². The van der Waals surface area contributed by atoms with Crippen LogP contribution in [0.25, 0.3) is 0 Å². The van der Waals surface area contributed by atoms with Gasteiger partial charge in [-0.25, -0.2) is 0 Å². The summed E-state index contributed by atoms with van der Waals surface area (Å²) in [5, 5.41) is 25.2. The number of hydrogen-bond acceptors (Lipinski definition) is 7. The van der Waals surface area contributed by atoms with Crippen molar-refractivity contribution in [1.82, 2.24) is 16.0 Å². The normalized spacial score (nSPS) is 18.0. The zero-order valence-corrected chi connectivity index (χ0v) is 16.3. The molecule has 2 heterocycles. The molecule has 8 nitrogen and oxygen atoms in total. The first-order valence-corrected chi connectivity index (χ1v) is 8.81. The lowest BCUT2D eigenvalue weighted by molar-refractivity contribution is 0.174. The molecule has 2 rings (SSSR count). The number of rotatable bonds is 8. The molecule has 0 aromatic carbocycles. The molecular formula is C20H27N7O. The lowest BCUT2D eigenvalue weighted by Crippen LogP contribution is -2.35. The number of nitrogens with one attached hydrogen (secondary N) is 5. The third kappa shape index (κ3) is 5.31. The number of allylic oxidation sites excluding steroid dienone is 5. The Hall–Kier alpha value is -3.39. The summed E-state index contributed by atoms with van der Waals surface area (Å²) in [6.07, 6.45) is 13.7. The first-order chi connectivity index (χ1) is 13.5. The molecule has 7 N–H and O–H groups in total. The second-order valence-corrected chi connectivity index (χ2v) is 6.28. The number of amidine groups is 1. The van der Waals surface area contributed by atoms with Gasteiger partial charge in [-0.1, -0.05) is 6.92 Å². The van der Waals surface area contributed by atoms with E-state index in [1.807, 2.05) is 31.4 Å². The molecule has 0 spiro atoms. The van der Waals surface area contributed by atoms with Crippen LogP contribution in [0.2, 0.25) is 0 Å². The molecule has 0 aromatic rings. The molecule has 28 heavy (non-hydrogen) atoms. The minimum atomic E-state index is 0.0316. The lowest BCUT2D eigenvalue weighted by Gasteiger charge is -2.25. The van der Waals surface area contributed by atoms with Crippen LogP contribution >= 0.6 is 0 Å². The van der Waals surface area contributed by atoms with Crippen molar-refractivity contribution < 1.29 is 4.74 Å². The quantitative estimate of drug-likeness (QED) is 0.281. The van der Waals surface area contributed by atoms with E-state index in [1.165, 1.54) is 12.4 Å². The van der Waals surface area contributed by atoms with Crippen LogP contribution < -0.4 is 21.7 Å². The molecule has 0 amide bonds. The highest BCUT2D eigenvalue weighted by Crippen LogP contribution is 2.21. The fraction of sp³-hybridized carbons (Fsp3) is 0.250. The van der Waals surface area contributed by atoms with Crippen LogP contribution in [0, 0.1) is 16.7 Å². The summed E-state index contributed by atoms with van der Waals surface area (Å²) in [4.78, 5) is 4.01. The van der Waals surface area contributed by atoms with Crippen LogP contribution in [0.3, 0.4) is 0 Å². The number of aliphatic imine (C=N–C) groups is 1. The highest BCUT2D eigenvalue weighted by Gasteiger charge is 2.17. The van der Waals surface area contributed by atoms with Crippen molar-refractivity contribution in [2.75, 3.05) is 20.8 Å². The van der Waals surface area contributed by atoms with E-state index in [2.05, 4.69) is 20.9 Å². The van der Waals surface area contributed by atoms with E-state index in [4.69, 9.17) is 21.3 Å². The SMILES string of the molecule is CN=CC(=CN)C1=CNC2=CC=C(NC(=N)C=C(C=N)C(C)COC)NC2=C1. The average Bonchev–Trinajstić information content (AvgIpc) is 2.69. The summed E-state index contributed by atoms with van der Waals surface area (Å²) < 4.78 is 5.12. The Kier molecular flexibility index (Phi) is 7.53. The van der Waals surface area contributed by atoms with E-state index in [0.717, 1.165) is 22.5 Å². The summed E-state index contributed by atoms with van der Waals surface area (Å²) in [7, 11) is 3.31. The standard InChI is InChI=1S/C20H27N7O/c1-13(12-28-3)14(8-21)7-19(23)27-20-5-4-17-18(26-20)6-15(11-25-17)16(9-22)10-24-2/h4-11,13,21,25-26H,12,22H2,1-3H3,(H2,23,27). The van der Waals surface area contributed by atoms with Gasteiger partial charge >= 0.3 is 0 Å². The summed E-state index contributed by atoms with van der Waals surface area (Å²) >= 11 is 0. The molecule has 0 saturated heterocycles. The van der Waals surface area contributed by atoms with Crippen molar-refractivity contribution in [3.05, 3.63) is 70.6 Å². The molecule has 2 aliphatic rings. The predicted octanol–water partition coefficient (Wildman–Crippen LogP) is 1.65. The number of nitrogens with two attached hydrogens (primary N) is 1. The Morgan fingerprint density at radius 2 is 2.18 bits per heavy atom. The summed E-state index contributed by atoms with van der Waals surface area (Å²) in [5.74, 6) is 0.868. The van der Waals surface area contributed by atoms with Crippen molar-refractivity contribution >= 4 is 18.3 Å². The van der Waals surface area contributed by atoms with Gasteiger partial charge in [0.25, 0.3) is 0 Å². The highest BCUT2D eigenvalue weighted by atomic mass is 16.5. The maximum atomic E-state index is 8.19. The summed E-state index contributed by atoms with van der Waals surface area (Å²) in [6, 6.07) is 0. The summed E-state index contributed by atoms with van der Waals surface area (Å²) in [6.45, 7) is 2.45. The molecule has 0 radical (unpaired) electrons. The Labute approximate surface area is 165 Å². The molecule has 1 atom stereocenters. The Morgan fingerprint density at radius 1 is 1.39 bits per heavy atom. The van der Waals surface area contributed by atoms with Crippen molar-refractivity contribution in [1.29, 1.82) is 10.8 Å². The van der Waals surface area contributed by atoms with Crippen LogP contribution in [0.4, 0.5) is 0 Å². The molecule has 2 aliphatic heterocycles. The highest BCUT2D eigenvalue weighted by molar-refractivity contribution is 5.97. The smallest absolute Gasteiger partial charge is 0.123 e. The number of nitrogens with zero attached hydrogens (tertiary/aromatic N) is 1. The third-order valence-corrected chi connectivity index (χ3v) is 4.17. The van der Waals surface area contributed by atoms with E-state index >= 15 is 0 Å². The van der Waals surface area contributed by atoms with Gasteiger partial charge in [0.1, 0.15) is 11.7 Å². The second-order valence-electron chi connectivity index (χ2n) is 6.28. The minimum absolute atomic E-state index is 0.0316. The van der Waals surface area contributed by atoms with Gasteiger partial charge in [-0.05, 0) is 29.9 Å². The van der Waals surface area contributed by atoms with Gasteiger partial charge in [-0.15, -0.1) is 0 Å². The lowest BCUT2D eigenvalue weighted by atomic mass is 10.0. The van der Waals surface area contributed by atoms with Gasteiger partial charge in [0, 0.05) is 56.1 Å². The Bertz CT molecular complexity index is 841. The first kappa shape index (κ1) is 20.9. The van der Waals surface area contributed by atoms with E-state index in [1.54, 1.807) is 26.4 Å². The molecule has 0 aliphatic carbocycles. The molecule has 8 heteroatoms. The van der Waals surface area contributed by atoms with Crippen molar-refractivity contribution in [2.24, 2.45) is 16.6 Å². The molecule has 0 fully saturated rings. The van der Waals surface area contributed by atoms with E-state index in [9.17, 15) is 0 Å². The average molecular weight is 381 g/mol. The number of hydrogen-bond donors (Lipinski definition) is 6. The van der Waals surface area contributed by atoms with Crippen molar-refractivity contribution in [3.63, 3.8) is 0 Å². The largest absolute Gasteiger partial charge is 0.404 e. The van der Waals surface area contributed by atoms with Gasteiger partial charge in [-0.2, -0.15) is 0 Å². The molecule has 0 saturated carbocycles. The molecule has 0 bridgehead atoms. The van der Waals surface area contributed by atoms with Crippen LogP contribution in [0.1, 0.15) is 6.92 Å². The maximum Gasteiger partial charge on any atom is 0.123 e. The van der Waals surface area contributed by atoms with Gasteiger partial charge in [0.2, 0.25) is 0 Å². The Balaban J connectivity index is 2.11. The van der Waals surface area contributed by atoms with Crippen LogP contribution in [0.15, 0.2) is 75.6 Å². The van der Waals surface area contributed by atoms with E-state index in [0.29, 0.717) is 18.0 Å². The Morgan fingerprint density at radius 3 is 2.82 bits per heavy atom. The third-order valence-electron chi connectivity index (χ3n) is 4.17. The number of ether oxygens (including phenoxy) is 1. The molecule has 148 valence electrons. The molecular weight excluding hydrogens is 354 g/mol. The van der Waals surface area contributed by atoms with Gasteiger partial charge in [0.15, 0.2) is 0 Å². The zero-order valence-electron chi connectivity index (χ0n) is 16.3. The predicted molar refractivity (Wildman–Crippen MR) is 114 cm³/mol. The number of methoxy groups -OCH3 is 1. The fourth-order valence-corrected chi connectivity index (χ4v) is 2.72. The minimum Gasteiger partial charge on any atom is -0.404 e. The number of dihydropyridines is 2. The number of fused-ring (bicyclic) bond motifs is 1. The summed E-state index contributed by atoms with van der Waals surface area (Å²) in [5.41, 5.74) is 9.85. The van der Waals surface area contributed by atoms with E-state index < -0.39 is 0 Å². The molecule has 0 aromatic heterocycles. The maximum absolute atomic E-state index is 8.19. The van der Waals surface area contributed by atoms with Crippen LogP contribution in [-0.2, 0) is 4.74 Å². The van der Waals surface area contributed by atoms with Gasteiger partial charge < -0.3 is 31.8 Å². The van der Waals surface area contributed by atoms with Gasteiger partial charge in [-0.3, -0.25) is 10.4 Å². The molecule has 1 unspecified atom stereocenters. The second kappa shape index (κ2) is 10.1. The van der Waals surface area contributed by atoms with Gasteiger partial charge in [0.05, 0.1) is 18.0 Å².